The average molecular weight is 336 g/mol. The van der Waals surface area contributed by atoms with Crippen molar-refractivity contribution in [2.45, 2.75) is 32.6 Å². The maximum Gasteiger partial charge on any atom is 0.308 e. The predicted octanol–water partition coefficient (Wildman–Crippen LogP) is 3.65. The van der Waals surface area contributed by atoms with Crippen molar-refractivity contribution in [1.82, 2.24) is 4.90 Å². The van der Waals surface area contributed by atoms with Crippen LogP contribution in [0.5, 0.6) is 0 Å². The van der Waals surface area contributed by atoms with E-state index in [0.717, 1.165) is 18.4 Å². The Labute approximate surface area is 141 Å². The van der Waals surface area contributed by atoms with E-state index >= 15 is 0 Å². The second-order valence-electron chi connectivity index (χ2n) is 7.05. The minimum absolute atomic E-state index is 0.0989. The minimum atomic E-state index is -0.787. The van der Waals surface area contributed by atoms with Crippen LogP contribution < -0.4 is 0 Å². The number of nitrogens with zero attached hydrogens (tertiary/aromatic N) is 1. The summed E-state index contributed by atoms with van der Waals surface area (Å²) in [7, 11) is 0. The maximum absolute atomic E-state index is 12.7. The highest BCUT2D eigenvalue weighted by atomic mass is 35.5. The number of carbonyl (C=O) groups excluding carboxylic acids is 1. The third kappa shape index (κ3) is 3.23. The Hall–Kier alpha value is -1.55. The van der Waals surface area contributed by atoms with Gasteiger partial charge in [-0.05, 0) is 48.3 Å². The van der Waals surface area contributed by atoms with E-state index in [1.807, 2.05) is 6.07 Å². The molecule has 0 radical (unpaired) electrons. The summed E-state index contributed by atoms with van der Waals surface area (Å²) in [5.41, 5.74) is 1.56. The Bertz CT molecular complexity index is 639. The number of carboxylic acid groups (broad SMARTS) is 1. The molecular formula is C18H22ClNO3. The highest BCUT2D eigenvalue weighted by Crippen LogP contribution is 2.44. The number of carbonyl (C=O) groups is 2. The second kappa shape index (κ2) is 6.16. The first-order valence-electron chi connectivity index (χ1n) is 8.20. The third-order valence-corrected chi connectivity index (χ3v) is 5.39. The average Bonchev–Trinajstić information content (AvgIpc) is 3.24. The molecule has 1 aromatic carbocycles. The van der Waals surface area contributed by atoms with E-state index in [1.165, 1.54) is 0 Å². The lowest BCUT2D eigenvalue weighted by atomic mass is 9.92. The minimum Gasteiger partial charge on any atom is -0.481 e. The van der Waals surface area contributed by atoms with Crippen molar-refractivity contribution in [2.75, 3.05) is 13.1 Å². The van der Waals surface area contributed by atoms with Gasteiger partial charge in [-0.25, -0.2) is 0 Å². The number of hydrogen-bond acceptors (Lipinski definition) is 2. The van der Waals surface area contributed by atoms with Crippen molar-refractivity contribution < 1.29 is 14.7 Å². The number of amides is 1. The zero-order valence-electron chi connectivity index (χ0n) is 13.5. The van der Waals surface area contributed by atoms with Gasteiger partial charge in [0.15, 0.2) is 0 Å². The van der Waals surface area contributed by atoms with Gasteiger partial charge in [-0.2, -0.15) is 0 Å². The molecule has 1 aliphatic carbocycles. The fourth-order valence-corrected chi connectivity index (χ4v) is 3.97. The largest absolute Gasteiger partial charge is 0.481 e. The summed E-state index contributed by atoms with van der Waals surface area (Å²) in [5, 5.41) is 10.0. The number of likely N-dealkylation sites (tertiary alicyclic amines) is 1. The zero-order valence-corrected chi connectivity index (χ0v) is 14.2. The fourth-order valence-electron chi connectivity index (χ4n) is 3.57. The van der Waals surface area contributed by atoms with Gasteiger partial charge in [-0.1, -0.05) is 31.5 Å². The van der Waals surface area contributed by atoms with E-state index in [1.54, 1.807) is 17.0 Å². The molecule has 2 atom stereocenters. The van der Waals surface area contributed by atoms with Gasteiger partial charge in [0.25, 0.3) is 5.91 Å². The van der Waals surface area contributed by atoms with E-state index in [0.29, 0.717) is 35.5 Å². The molecule has 5 heteroatoms. The fraction of sp³-hybridized carbons (Fsp3) is 0.556. The number of halogens is 1. The molecule has 0 bridgehead atoms. The van der Waals surface area contributed by atoms with Gasteiger partial charge in [-0.15, -0.1) is 0 Å². The maximum atomic E-state index is 12.7. The Morgan fingerprint density at radius 3 is 2.48 bits per heavy atom. The van der Waals surface area contributed by atoms with Crippen LogP contribution in [0.3, 0.4) is 0 Å². The van der Waals surface area contributed by atoms with Gasteiger partial charge >= 0.3 is 5.97 Å². The molecule has 1 amide bonds. The summed E-state index contributed by atoms with van der Waals surface area (Å²) in [6.07, 6.45) is 2.18. The summed E-state index contributed by atoms with van der Waals surface area (Å²) < 4.78 is 0. The van der Waals surface area contributed by atoms with Crippen LogP contribution in [-0.2, 0) is 4.79 Å². The third-order valence-electron chi connectivity index (χ3n) is 5.07. The first kappa shape index (κ1) is 16.3. The Morgan fingerprint density at radius 1 is 1.26 bits per heavy atom. The number of rotatable bonds is 4. The Morgan fingerprint density at radius 2 is 1.96 bits per heavy atom. The van der Waals surface area contributed by atoms with Crippen LogP contribution in [0.25, 0.3) is 0 Å². The smallest absolute Gasteiger partial charge is 0.308 e. The lowest BCUT2D eigenvalue weighted by Crippen LogP contribution is -2.30. The van der Waals surface area contributed by atoms with Crippen LogP contribution in [0.4, 0.5) is 0 Å². The monoisotopic (exact) mass is 335 g/mol. The van der Waals surface area contributed by atoms with Crippen molar-refractivity contribution >= 4 is 23.5 Å². The molecule has 23 heavy (non-hydrogen) atoms. The van der Waals surface area contributed by atoms with Gasteiger partial charge in [0.1, 0.15) is 0 Å². The molecule has 1 aromatic rings. The molecule has 3 rings (SSSR count). The van der Waals surface area contributed by atoms with E-state index in [4.69, 9.17) is 11.6 Å². The second-order valence-corrected chi connectivity index (χ2v) is 7.45. The molecule has 0 aromatic heterocycles. The SMILES string of the molecule is CC(C)c1ccc(C(=O)N2C[C@H](C(=O)O)[C@@H](C3CC3)C2)cc1Cl. The van der Waals surface area contributed by atoms with E-state index in [9.17, 15) is 14.7 Å². The molecule has 4 nitrogen and oxygen atoms in total. The zero-order chi connectivity index (χ0) is 16.7. The lowest BCUT2D eigenvalue weighted by molar-refractivity contribution is -0.142. The van der Waals surface area contributed by atoms with Crippen molar-refractivity contribution in [1.29, 1.82) is 0 Å². The van der Waals surface area contributed by atoms with Crippen LogP contribution in [0, 0.1) is 17.8 Å². The molecule has 2 fully saturated rings. The quantitative estimate of drug-likeness (QED) is 0.913. The van der Waals surface area contributed by atoms with Crippen LogP contribution in [-0.4, -0.2) is 35.0 Å². The van der Waals surface area contributed by atoms with Gasteiger partial charge < -0.3 is 10.0 Å². The summed E-state index contributed by atoms with van der Waals surface area (Å²) in [4.78, 5) is 25.9. The Balaban J connectivity index is 1.78. The van der Waals surface area contributed by atoms with Crippen molar-refractivity contribution in [3.63, 3.8) is 0 Å². The normalized spacial score (nSPS) is 24.3. The molecule has 0 unspecified atom stereocenters. The standard InChI is InChI=1S/C18H22ClNO3/c1-10(2)13-6-5-12(7-16(13)19)17(21)20-8-14(11-3-4-11)15(9-20)18(22)23/h5-7,10-11,14-15H,3-4,8-9H2,1-2H3,(H,22,23)/t14-,15+/m1/s1. The van der Waals surface area contributed by atoms with Crippen LogP contribution in [0.15, 0.2) is 18.2 Å². The highest BCUT2D eigenvalue weighted by molar-refractivity contribution is 6.31. The Kier molecular flexibility index (Phi) is 4.37. The number of aliphatic carboxylic acids is 1. The molecular weight excluding hydrogens is 314 g/mol. The van der Waals surface area contributed by atoms with Crippen LogP contribution in [0.2, 0.25) is 5.02 Å². The van der Waals surface area contributed by atoms with Crippen molar-refractivity contribution in [3.8, 4) is 0 Å². The number of benzene rings is 1. The topological polar surface area (TPSA) is 57.6 Å². The molecule has 1 heterocycles. The van der Waals surface area contributed by atoms with Crippen LogP contribution in [0.1, 0.15) is 48.5 Å². The molecule has 0 spiro atoms. The predicted molar refractivity (Wildman–Crippen MR) is 88.8 cm³/mol. The number of carboxylic acids is 1. The van der Waals surface area contributed by atoms with Crippen molar-refractivity contribution in [2.24, 2.45) is 17.8 Å². The van der Waals surface area contributed by atoms with Crippen molar-refractivity contribution in [3.05, 3.63) is 34.3 Å². The summed E-state index contributed by atoms with van der Waals surface area (Å²) in [6.45, 7) is 4.96. The molecule has 2 aliphatic rings. The van der Waals surface area contributed by atoms with Crippen LogP contribution >= 0.6 is 11.6 Å². The van der Waals surface area contributed by atoms with E-state index in [-0.39, 0.29) is 11.8 Å². The highest BCUT2D eigenvalue weighted by Gasteiger charge is 2.46. The number of hydrogen-bond donors (Lipinski definition) is 1. The molecule has 1 aliphatic heterocycles. The molecule has 1 N–H and O–H groups in total. The van der Waals surface area contributed by atoms with E-state index < -0.39 is 11.9 Å². The molecule has 1 saturated carbocycles. The summed E-state index contributed by atoms with van der Waals surface area (Å²) >= 11 is 6.28. The lowest BCUT2D eigenvalue weighted by Gasteiger charge is -2.17. The van der Waals surface area contributed by atoms with Gasteiger partial charge in [0, 0.05) is 23.7 Å². The summed E-state index contributed by atoms with van der Waals surface area (Å²) in [5.74, 6) is -0.462. The van der Waals surface area contributed by atoms with E-state index in [2.05, 4.69) is 13.8 Å². The first-order valence-corrected chi connectivity index (χ1v) is 8.57. The molecule has 1 saturated heterocycles. The molecule has 124 valence electrons. The van der Waals surface area contributed by atoms with Gasteiger partial charge in [-0.3, -0.25) is 9.59 Å². The summed E-state index contributed by atoms with van der Waals surface area (Å²) in [6, 6.07) is 5.40. The van der Waals surface area contributed by atoms with Gasteiger partial charge in [0.05, 0.1) is 5.92 Å². The first-order chi connectivity index (χ1) is 10.9. The van der Waals surface area contributed by atoms with Gasteiger partial charge in [0.2, 0.25) is 0 Å².